The maximum Gasteiger partial charge on any atom is 0.500 e. The first-order chi connectivity index (χ1) is 8.73. The molecule has 0 amide bonds. The van der Waals surface area contributed by atoms with Crippen LogP contribution < -0.4 is 0 Å². The molecule has 0 aromatic rings. The van der Waals surface area contributed by atoms with Crippen LogP contribution in [0.1, 0.15) is 39.0 Å². The molecule has 2 rings (SSSR count). The van der Waals surface area contributed by atoms with Gasteiger partial charge >= 0.3 is 8.80 Å². The lowest BCUT2D eigenvalue weighted by Crippen LogP contribution is -2.43. The van der Waals surface area contributed by atoms with E-state index in [0.29, 0.717) is 12.2 Å². The van der Waals surface area contributed by atoms with E-state index in [2.05, 4.69) is 6.92 Å². The molecule has 0 N–H and O–H groups in total. The van der Waals surface area contributed by atoms with Gasteiger partial charge in [0, 0.05) is 26.9 Å². The molecule has 5 heteroatoms. The molecule has 1 aliphatic carbocycles. The topological polar surface area (TPSA) is 40.2 Å². The molecule has 4 nitrogen and oxygen atoms in total. The van der Waals surface area contributed by atoms with Gasteiger partial charge in [0.05, 0.1) is 12.2 Å². The predicted molar refractivity (Wildman–Crippen MR) is 71.4 cm³/mol. The smallest absolute Gasteiger partial charge is 0.377 e. The Bertz CT molecular complexity index is 249. The van der Waals surface area contributed by atoms with Gasteiger partial charge < -0.3 is 18.0 Å². The Balaban J connectivity index is 1.60. The summed E-state index contributed by atoms with van der Waals surface area (Å²) in [5, 5.41) is 0. The predicted octanol–water partition coefficient (Wildman–Crippen LogP) is 2.60. The van der Waals surface area contributed by atoms with E-state index in [-0.39, 0.29) is 0 Å². The first kappa shape index (κ1) is 14.5. The van der Waals surface area contributed by atoms with Crippen LogP contribution in [0.25, 0.3) is 0 Å². The van der Waals surface area contributed by atoms with Crippen molar-refractivity contribution in [3.8, 4) is 0 Å². The molecule has 0 bridgehead atoms. The molecule has 0 aromatic carbocycles. The Labute approximate surface area is 111 Å². The summed E-state index contributed by atoms with van der Waals surface area (Å²) in [5.74, 6) is 0.833. The van der Waals surface area contributed by atoms with Crippen molar-refractivity contribution in [2.24, 2.45) is 5.92 Å². The first-order valence-electron chi connectivity index (χ1n) is 7.12. The zero-order valence-electron chi connectivity index (χ0n) is 11.8. The van der Waals surface area contributed by atoms with Gasteiger partial charge in [0.25, 0.3) is 0 Å². The second-order valence-corrected chi connectivity index (χ2v) is 8.51. The number of hydrogen-bond donors (Lipinski definition) is 0. The molecular weight excluding hydrogens is 248 g/mol. The third-order valence-corrected chi connectivity index (χ3v) is 7.00. The highest BCUT2D eigenvalue weighted by molar-refractivity contribution is 6.60. The Kier molecular flexibility index (Phi) is 5.21. The Morgan fingerprint density at radius 2 is 1.94 bits per heavy atom. The zero-order chi connectivity index (χ0) is 13.0. The zero-order valence-corrected chi connectivity index (χ0v) is 12.8. The summed E-state index contributed by atoms with van der Waals surface area (Å²) in [4.78, 5) is 0. The number of hydrogen-bond acceptors (Lipinski definition) is 4. The standard InChI is InChI=1S/C13H26O4Si/c1-4-18(14-2,15-3)16-9-5-6-11-7-8-12-13(10-11)17-12/h11-13H,4-10H2,1-3H3. The van der Waals surface area contributed by atoms with Crippen molar-refractivity contribution in [3.05, 3.63) is 0 Å². The minimum absolute atomic E-state index is 0.590. The van der Waals surface area contributed by atoms with Gasteiger partial charge in [-0.3, -0.25) is 0 Å². The molecule has 0 radical (unpaired) electrons. The summed E-state index contributed by atoms with van der Waals surface area (Å²) in [6.45, 7) is 2.82. The van der Waals surface area contributed by atoms with Gasteiger partial charge in [-0.25, -0.2) is 0 Å². The monoisotopic (exact) mass is 274 g/mol. The molecule has 18 heavy (non-hydrogen) atoms. The lowest BCUT2D eigenvalue weighted by Gasteiger charge is -2.25. The average molecular weight is 274 g/mol. The van der Waals surface area contributed by atoms with Crippen LogP contribution in [0.4, 0.5) is 0 Å². The maximum absolute atomic E-state index is 5.87. The minimum Gasteiger partial charge on any atom is -0.377 e. The van der Waals surface area contributed by atoms with E-state index in [1.54, 1.807) is 14.2 Å². The van der Waals surface area contributed by atoms with Gasteiger partial charge in [0.2, 0.25) is 0 Å². The Morgan fingerprint density at radius 1 is 1.17 bits per heavy atom. The van der Waals surface area contributed by atoms with E-state index < -0.39 is 8.80 Å². The van der Waals surface area contributed by atoms with Gasteiger partial charge in [0.1, 0.15) is 0 Å². The fourth-order valence-corrected chi connectivity index (χ4v) is 4.58. The van der Waals surface area contributed by atoms with Crippen molar-refractivity contribution in [3.63, 3.8) is 0 Å². The summed E-state index contributed by atoms with van der Waals surface area (Å²) in [5.41, 5.74) is 0. The van der Waals surface area contributed by atoms with Gasteiger partial charge in [-0.15, -0.1) is 0 Å². The maximum atomic E-state index is 5.87. The van der Waals surface area contributed by atoms with Crippen molar-refractivity contribution in [1.29, 1.82) is 0 Å². The average Bonchev–Trinajstić information content (AvgIpc) is 3.18. The van der Waals surface area contributed by atoms with Crippen LogP contribution in [0.2, 0.25) is 6.04 Å². The number of fused-ring (bicyclic) bond motifs is 1. The van der Waals surface area contributed by atoms with Crippen molar-refractivity contribution in [2.75, 3.05) is 20.8 Å². The third-order valence-electron chi connectivity index (χ3n) is 4.25. The van der Waals surface area contributed by atoms with E-state index in [0.717, 1.165) is 25.0 Å². The molecule has 1 aliphatic heterocycles. The van der Waals surface area contributed by atoms with Crippen LogP contribution in [-0.4, -0.2) is 41.8 Å². The quantitative estimate of drug-likeness (QED) is 0.387. The molecule has 2 aliphatic rings. The highest BCUT2D eigenvalue weighted by Gasteiger charge is 2.43. The molecule has 0 spiro atoms. The molecular formula is C13H26O4Si. The van der Waals surface area contributed by atoms with Crippen LogP contribution in [0, 0.1) is 5.92 Å². The number of ether oxygens (including phenoxy) is 1. The van der Waals surface area contributed by atoms with Gasteiger partial charge in [-0.1, -0.05) is 6.92 Å². The van der Waals surface area contributed by atoms with Crippen molar-refractivity contribution >= 4 is 8.80 Å². The Morgan fingerprint density at radius 3 is 2.56 bits per heavy atom. The lowest BCUT2D eigenvalue weighted by molar-refractivity contribution is 0.0957. The van der Waals surface area contributed by atoms with Crippen LogP contribution in [-0.2, 0) is 18.0 Å². The van der Waals surface area contributed by atoms with Crippen LogP contribution >= 0.6 is 0 Å². The SMILES string of the molecule is CC[Si](OC)(OC)OCCCC1CCC2OC2C1. The third kappa shape index (κ3) is 3.54. The highest BCUT2D eigenvalue weighted by Crippen LogP contribution is 2.40. The van der Waals surface area contributed by atoms with Gasteiger partial charge in [-0.05, 0) is 38.0 Å². The summed E-state index contributed by atoms with van der Waals surface area (Å²) in [6.07, 6.45) is 7.39. The van der Waals surface area contributed by atoms with E-state index in [4.69, 9.17) is 18.0 Å². The van der Waals surface area contributed by atoms with Crippen LogP contribution in [0.5, 0.6) is 0 Å². The normalized spacial score (nSPS) is 31.2. The molecule has 2 fully saturated rings. The largest absolute Gasteiger partial charge is 0.500 e. The minimum atomic E-state index is -2.33. The molecule has 3 atom stereocenters. The molecule has 106 valence electrons. The van der Waals surface area contributed by atoms with Crippen molar-refractivity contribution in [1.82, 2.24) is 0 Å². The van der Waals surface area contributed by atoms with Crippen LogP contribution in [0.15, 0.2) is 0 Å². The van der Waals surface area contributed by atoms with E-state index >= 15 is 0 Å². The molecule has 3 unspecified atom stereocenters. The molecule has 1 saturated heterocycles. The first-order valence-corrected chi connectivity index (χ1v) is 9.06. The summed E-state index contributed by atoms with van der Waals surface area (Å²) >= 11 is 0. The lowest BCUT2D eigenvalue weighted by atomic mass is 9.86. The summed E-state index contributed by atoms with van der Waals surface area (Å²) in [6, 6.07) is 0.834. The fraction of sp³-hybridized carbons (Fsp3) is 1.00. The van der Waals surface area contributed by atoms with Crippen molar-refractivity contribution in [2.45, 2.75) is 57.3 Å². The summed E-state index contributed by atoms with van der Waals surface area (Å²) < 4.78 is 22.3. The second kappa shape index (κ2) is 6.48. The second-order valence-electron chi connectivity index (χ2n) is 5.33. The fourth-order valence-electron chi connectivity index (χ4n) is 2.94. The highest BCUT2D eigenvalue weighted by atomic mass is 28.4. The molecule has 0 aromatic heterocycles. The van der Waals surface area contributed by atoms with Gasteiger partial charge in [-0.2, -0.15) is 0 Å². The van der Waals surface area contributed by atoms with Crippen molar-refractivity contribution < 1.29 is 18.0 Å². The number of epoxide rings is 1. The molecule has 1 saturated carbocycles. The van der Waals surface area contributed by atoms with Gasteiger partial charge in [0.15, 0.2) is 0 Å². The van der Waals surface area contributed by atoms with E-state index in [1.165, 1.54) is 25.7 Å². The Hall–Kier alpha value is 0.0569. The van der Waals surface area contributed by atoms with E-state index in [1.807, 2.05) is 0 Å². The van der Waals surface area contributed by atoms with E-state index in [9.17, 15) is 0 Å². The molecule has 1 heterocycles. The number of rotatable bonds is 8. The summed E-state index contributed by atoms with van der Waals surface area (Å²) in [7, 11) is 1.04. The van der Waals surface area contributed by atoms with Crippen LogP contribution in [0.3, 0.4) is 0 Å².